The Morgan fingerprint density at radius 3 is 2.25 bits per heavy atom. The lowest BCUT2D eigenvalue weighted by atomic mass is 9.83. The van der Waals surface area contributed by atoms with Crippen molar-refractivity contribution in [1.82, 2.24) is 0 Å². The molecule has 1 aliphatic carbocycles. The maximum absolute atomic E-state index is 8.66. The van der Waals surface area contributed by atoms with Crippen LogP contribution >= 0.6 is 0 Å². The minimum Gasteiger partial charge on any atom is -0.196 e. The van der Waals surface area contributed by atoms with Crippen LogP contribution in [0.15, 0.2) is 23.8 Å². The molecule has 0 fully saturated rings. The first-order valence-electron chi connectivity index (χ1n) is 3.38. The first kappa shape index (κ1) is 8.05. The highest BCUT2D eigenvalue weighted by Crippen LogP contribution is 2.27. The van der Waals surface area contributed by atoms with Gasteiger partial charge in [-0.3, -0.25) is 0 Å². The molecule has 0 heterocycles. The zero-order valence-corrected chi connectivity index (χ0v) is 6.28. The average molecular weight is 155 g/mol. The number of hydrogen-bond donors (Lipinski definition) is 0. The van der Waals surface area contributed by atoms with Crippen LogP contribution in [0.4, 0.5) is 0 Å². The van der Waals surface area contributed by atoms with Gasteiger partial charge < -0.3 is 0 Å². The lowest BCUT2D eigenvalue weighted by molar-refractivity contribution is 0.665. The minimum absolute atomic E-state index is 0.305. The Labute approximate surface area is 70.5 Å². The Kier molecular flexibility index (Phi) is 1.95. The van der Waals surface area contributed by atoms with Gasteiger partial charge in [0.2, 0.25) is 0 Å². The summed E-state index contributed by atoms with van der Waals surface area (Å²) < 4.78 is 0. The SMILES string of the molecule is N#CC1=CCC(C#N)(C#N)C=C1. The molecule has 0 aromatic heterocycles. The molecule has 0 atom stereocenters. The molecular weight excluding hydrogens is 150 g/mol. The summed E-state index contributed by atoms with van der Waals surface area (Å²) in [6, 6.07) is 5.76. The molecule has 0 N–H and O–H groups in total. The summed E-state index contributed by atoms with van der Waals surface area (Å²) in [7, 11) is 0. The topological polar surface area (TPSA) is 71.4 Å². The predicted octanol–water partition coefficient (Wildman–Crippen LogP) is 1.43. The van der Waals surface area contributed by atoms with Crippen LogP contribution in [0.5, 0.6) is 0 Å². The molecule has 0 aromatic carbocycles. The lowest BCUT2D eigenvalue weighted by Gasteiger charge is -2.13. The third-order valence-corrected chi connectivity index (χ3v) is 1.72. The quantitative estimate of drug-likeness (QED) is 0.531. The predicted molar refractivity (Wildman–Crippen MR) is 41.1 cm³/mol. The summed E-state index contributed by atoms with van der Waals surface area (Å²) in [5, 5.41) is 25.8. The molecule has 0 spiro atoms. The van der Waals surface area contributed by atoms with Crippen molar-refractivity contribution in [2.45, 2.75) is 6.42 Å². The van der Waals surface area contributed by atoms with E-state index in [0.717, 1.165) is 0 Å². The van der Waals surface area contributed by atoms with Gasteiger partial charge in [0.1, 0.15) is 0 Å². The van der Waals surface area contributed by atoms with Crippen molar-refractivity contribution in [3.05, 3.63) is 23.8 Å². The van der Waals surface area contributed by atoms with E-state index in [1.165, 1.54) is 12.2 Å². The highest BCUT2D eigenvalue weighted by Gasteiger charge is 2.27. The van der Waals surface area contributed by atoms with Crippen molar-refractivity contribution in [3.63, 3.8) is 0 Å². The number of nitrogens with zero attached hydrogens (tertiary/aromatic N) is 3. The number of hydrogen-bond acceptors (Lipinski definition) is 3. The van der Waals surface area contributed by atoms with E-state index in [0.29, 0.717) is 12.0 Å². The number of allylic oxidation sites excluding steroid dienone is 4. The van der Waals surface area contributed by atoms with Gasteiger partial charge in [0.15, 0.2) is 5.41 Å². The van der Waals surface area contributed by atoms with Crippen molar-refractivity contribution in [2.75, 3.05) is 0 Å². The fourth-order valence-corrected chi connectivity index (χ4v) is 0.913. The second-order valence-corrected chi connectivity index (χ2v) is 2.50. The van der Waals surface area contributed by atoms with Crippen LogP contribution in [-0.2, 0) is 0 Å². The standard InChI is InChI=1S/C9H5N3/c10-5-8-1-3-9(6-11,7-12)4-2-8/h1-3H,4H2. The molecule has 1 rings (SSSR count). The maximum Gasteiger partial charge on any atom is 0.165 e. The Morgan fingerprint density at radius 2 is 1.92 bits per heavy atom. The van der Waals surface area contributed by atoms with Crippen molar-refractivity contribution < 1.29 is 0 Å². The van der Waals surface area contributed by atoms with Gasteiger partial charge in [-0.25, -0.2) is 0 Å². The molecule has 56 valence electrons. The van der Waals surface area contributed by atoms with E-state index >= 15 is 0 Å². The smallest absolute Gasteiger partial charge is 0.165 e. The summed E-state index contributed by atoms with van der Waals surface area (Å²) in [6.45, 7) is 0. The molecule has 0 aromatic rings. The van der Waals surface area contributed by atoms with E-state index in [1.54, 1.807) is 6.08 Å². The van der Waals surface area contributed by atoms with Gasteiger partial charge in [0, 0.05) is 12.0 Å². The lowest BCUT2D eigenvalue weighted by Crippen LogP contribution is -2.13. The van der Waals surface area contributed by atoms with Crippen LogP contribution in [0.25, 0.3) is 0 Å². The maximum atomic E-state index is 8.66. The molecule has 0 radical (unpaired) electrons. The normalized spacial score (nSPS) is 18.2. The Morgan fingerprint density at radius 1 is 1.25 bits per heavy atom. The second kappa shape index (κ2) is 2.91. The van der Waals surface area contributed by atoms with E-state index < -0.39 is 5.41 Å². The van der Waals surface area contributed by atoms with Crippen molar-refractivity contribution in [1.29, 1.82) is 15.8 Å². The van der Waals surface area contributed by atoms with E-state index in [1.807, 2.05) is 18.2 Å². The van der Waals surface area contributed by atoms with Gasteiger partial charge in [-0.2, -0.15) is 15.8 Å². The molecule has 0 unspecified atom stereocenters. The van der Waals surface area contributed by atoms with Crippen LogP contribution in [-0.4, -0.2) is 0 Å². The van der Waals surface area contributed by atoms with Gasteiger partial charge in [-0.1, -0.05) is 6.08 Å². The number of rotatable bonds is 0. The fraction of sp³-hybridized carbons (Fsp3) is 0.222. The van der Waals surface area contributed by atoms with Crippen LogP contribution in [0.3, 0.4) is 0 Å². The third kappa shape index (κ3) is 1.19. The first-order chi connectivity index (χ1) is 5.76. The molecule has 0 aliphatic heterocycles. The van der Waals surface area contributed by atoms with Gasteiger partial charge in [-0.15, -0.1) is 0 Å². The number of nitriles is 3. The summed E-state index contributed by atoms with van der Waals surface area (Å²) in [5.74, 6) is 0. The van der Waals surface area contributed by atoms with Crippen molar-refractivity contribution >= 4 is 0 Å². The van der Waals surface area contributed by atoms with Crippen LogP contribution < -0.4 is 0 Å². The zero-order chi connectivity index (χ0) is 9.03. The van der Waals surface area contributed by atoms with Crippen LogP contribution in [0, 0.1) is 39.4 Å². The largest absolute Gasteiger partial charge is 0.196 e. The van der Waals surface area contributed by atoms with Crippen LogP contribution in [0.2, 0.25) is 0 Å². The molecular formula is C9H5N3. The Hall–Kier alpha value is -2.05. The monoisotopic (exact) mass is 155 g/mol. The van der Waals surface area contributed by atoms with Gasteiger partial charge in [-0.05, 0) is 12.2 Å². The third-order valence-electron chi connectivity index (χ3n) is 1.72. The molecule has 3 nitrogen and oxygen atoms in total. The molecule has 0 amide bonds. The van der Waals surface area contributed by atoms with Crippen LogP contribution in [0.1, 0.15) is 6.42 Å². The molecule has 1 aliphatic rings. The van der Waals surface area contributed by atoms with E-state index in [2.05, 4.69) is 0 Å². The fourth-order valence-electron chi connectivity index (χ4n) is 0.913. The summed E-state index contributed by atoms with van der Waals surface area (Å²) >= 11 is 0. The van der Waals surface area contributed by atoms with Gasteiger partial charge >= 0.3 is 0 Å². The van der Waals surface area contributed by atoms with Crippen molar-refractivity contribution in [3.8, 4) is 18.2 Å². The molecule has 0 saturated heterocycles. The summed E-state index contributed by atoms with van der Waals surface area (Å²) in [4.78, 5) is 0. The van der Waals surface area contributed by atoms with Gasteiger partial charge in [0.05, 0.1) is 18.2 Å². The minimum atomic E-state index is -1.06. The second-order valence-electron chi connectivity index (χ2n) is 2.50. The zero-order valence-electron chi connectivity index (χ0n) is 6.28. The Bertz CT molecular complexity index is 354. The first-order valence-corrected chi connectivity index (χ1v) is 3.38. The molecule has 0 bridgehead atoms. The van der Waals surface area contributed by atoms with E-state index in [9.17, 15) is 0 Å². The summed E-state index contributed by atoms with van der Waals surface area (Å²) in [6.07, 6.45) is 4.90. The average Bonchev–Trinajstić information content (AvgIpc) is 2.18. The van der Waals surface area contributed by atoms with Gasteiger partial charge in [0.25, 0.3) is 0 Å². The van der Waals surface area contributed by atoms with Crippen molar-refractivity contribution in [2.24, 2.45) is 5.41 Å². The van der Waals surface area contributed by atoms with E-state index in [4.69, 9.17) is 15.8 Å². The molecule has 0 saturated carbocycles. The van der Waals surface area contributed by atoms with E-state index in [-0.39, 0.29) is 0 Å². The highest BCUT2D eigenvalue weighted by molar-refractivity contribution is 5.42. The Balaban J connectivity index is 2.95. The molecule has 3 heteroatoms. The molecule has 12 heavy (non-hydrogen) atoms. The summed E-state index contributed by atoms with van der Waals surface area (Å²) in [5.41, 5.74) is -0.545. The highest BCUT2D eigenvalue weighted by atomic mass is 14.4.